The summed E-state index contributed by atoms with van der Waals surface area (Å²) in [7, 11) is -2.96. The van der Waals surface area contributed by atoms with Crippen LogP contribution in [0.1, 0.15) is 59.3 Å². The standard InChI is InChI=1S/C16H23N3O4S2/c1-11-4-2-3-7-19(11)16(21)13-10-24-15(18-13)14(20)17-12-5-8-25(22,23)9-6-12/h10-12H,2-9H2,1H3,(H,17,20). The van der Waals surface area contributed by atoms with Crippen molar-refractivity contribution in [1.29, 1.82) is 0 Å². The zero-order chi connectivity index (χ0) is 18.0. The minimum atomic E-state index is -2.96. The predicted molar refractivity (Wildman–Crippen MR) is 95.6 cm³/mol. The highest BCUT2D eigenvalue weighted by Gasteiger charge is 2.28. The number of hydrogen-bond donors (Lipinski definition) is 1. The van der Waals surface area contributed by atoms with Crippen molar-refractivity contribution in [1.82, 2.24) is 15.2 Å². The van der Waals surface area contributed by atoms with Crippen LogP contribution in [0.3, 0.4) is 0 Å². The molecule has 0 saturated carbocycles. The zero-order valence-corrected chi connectivity index (χ0v) is 15.9. The van der Waals surface area contributed by atoms with Crippen LogP contribution in [0.15, 0.2) is 5.38 Å². The van der Waals surface area contributed by atoms with Gasteiger partial charge in [-0.1, -0.05) is 0 Å². The molecule has 138 valence electrons. The van der Waals surface area contributed by atoms with E-state index in [1.54, 1.807) is 5.38 Å². The van der Waals surface area contributed by atoms with Crippen LogP contribution >= 0.6 is 11.3 Å². The van der Waals surface area contributed by atoms with Gasteiger partial charge in [0.05, 0.1) is 11.5 Å². The number of carbonyl (C=O) groups excluding carboxylic acids is 2. The van der Waals surface area contributed by atoms with Gasteiger partial charge in [0.2, 0.25) is 0 Å². The maximum atomic E-state index is 12.6. The first kappa shape index (κ1) is 18.3. The number of hydrogen-bond acceptors (Lipinski definition) is 6. The molecule has 0 bridgehead atoms. The summed E-state index contributed by atoms with van der Waals surface area (Å²) in [5, 5.41) is 4.71. The first-order chi connectivity index (χ1) is 11.9. The fourth-order valence-corrected chi connectivity index (χ4v) is 5.49. The lowest BCUT2D eigenvalue weighted by atomic mass is 10.0. The summed E-state index contributed by atoms with van der Waals surface area (Å²) in [5.41, 5.74) is 0.315. The number of aromatic nitrogens is 1. The van der Waals surface area contributed by atoms with E-state index in [-0.39, 0.29) is 40.4 Å². The average Bonchev–Trinajstić information content (AvgIpc) is 3.07. The minimum Gasteiger partial charge on any atom is -0.347 e. The third-order valence-electron chi connectivity index (χ3n) is 4.87. The second kappa shape index (κ2) is 7.41. The Balaban J connectivity index is 1.61. The van der Waals surface area contributed by atoms with E-state index in [1.165, 1.54) is 0 Å². The van der Waals surface area contributed by atoms with E-state index in [1.807, 2.05) is 11.8 Å². The highest BCUT2D eigenvalue weighted by Crippen LogP contribution is 2.21. The number of carbonyl (C=O) groups is 2. The summed E-state index contributed by atoms with van der Waals surface area (Å²) in [6, 6.07) is 0.0469. The van der Waals surface area contributed by atoms with E-state index in [4.69, 9.17) is 0 Å². The molecule has 1 N–H and O–H groups in total. The van der Waals surface area contributed by atoms with Gasteiger partial charge in [0.25, 0.3) is 11.8 Å². The molecule has 7 nitrogen and oxygen atoms in total. The Morgan fingerprint density at radius 3 is 2.64 bits per heavy atom. The van der Waals surface area contributed by atoms with Crippen LogP contribution < -0.4 is 5.32 Å². The highest BCUT2D eigenvalue weighted by molar-refractivity contribution is 7.91. The van der Waals surface area contributed by atoms with Gasteiger partial charge in [0.15, 0.2) is 5.01 Å². The van der Waals surface area contributed by atoms with E-state index in [9.17, 15) is 18.0 Å². The van der Waals surface area contributed by atoms with Crippen molar-refractivity contribution in [2.45, 2.75) is 51.1 Å². The van der Waals surface area contributed by atoms with Crippen LogP contribution in [0.25, 0.3) is 0 Å². The molecule has 9 heteroatoms. The van der Waals surface area contributed by atoms with E-state index >= 15 is 0 Å². The van der Waals surface area contributed by atoms with Crippen molar-refractivity contribution in [2.24, 2.45) is 0 Å². The molecule has 2 aliphatic rings. The molecule has 0 spiro atoms. The Kier molecular flexibility index (Phi) is 5.43. The quantitative estimate of drug-likeness (QED) is 0.850. The Bertz CT molecular complexity index is 745. The van der Waals surface area contributed by atoms with Gasteiger partial charge in [-0.15, -0.1) is 11.3 Å². The van der Waals surface area contributed by atoms with Gasteiger partial charge >= 0.3 is 0 Å². The molecule has 2 fully saturated rings. The summed E-state index contributed by atoms with van der Waals surface area (Å²) < 4.78 is 22.9. The molecule has 25 heavy (non-hydrogen) atoms. The van der Waals surface area contributed by atoms with E-state index in [0.717, 1.165) is 37.1 Å². The zero-order valence-electron chi connectivity index (χ0n) is 14.2. The molecule has 0 radical (unpaired) electrons. The minimum absolute atomic E-state index is 0.104. The summed E-state index contributed by atoms with van der Waals surface area (Å²) in [6.45, 7) is 2.77. The third kappa shape index (κ3) is 4.38. The molecule has 1 unspecified atom stereocenters. The maximum Gasteiger partial charge on any atom is 0.280 e. The van der Waals surface area contributed by atoms with Gasteiger partial charge in [0.1, 0.15) is 15.5 Å². The van der Waals surface area contributed by atoms with Crippen molar-refractivity contribution >= 4 is 33.0 Å². The van der Waals surface area contributed by atoms with Crippen LogP contribution in [0.5, 0.6) is 0 Å². The molecule has 1 aromatic rings. The Labute approximate surface area is 151 Å². The van der Waals surface area contributed by atoms with Crippen molar-refractivity contribution in [3.63, 3.8) is 0 Å². The van der Waals surface area contributed by atoms with Gasteiger partial charge in [0, 0.05) is 24.0 Å². The van der Waals surface area contributed by atoms with E-state index in [0.29, 0.717) is 18.5 Å². The lowest BCUT2D eigenvalue weighted by Crippen LogP contribution is -2.42. The molecule has 1 atom stereocenters. The molecule has 0 aromatic carbocycles. The Morgan fingerprint density at radius 1 is 1.24 bits per heavy atom. The third-order valence-corrected chi connectivity index (χ3v) is 7.43. The highest BCUT2D eigenvalue weighted by atomic mass is 32.2. The molecule has 2 saturated heterocycles. The lowest BCUT2D eigenvalue weighted by Gasteiger charge is -2.32. The summed E-state index contributed by atoms with van der Waals surface area (Å²) in [6.07, 6.45) is 3.98. The van der Waals surface area contributed by atoms with Crippen LogP contribution in [0.4, 0.5) is 0 Å². The Hall–Kier alpha value is -1.48. The Morgan fingerprint density at radius 2 is 1.96 bits per heavy atom. The number of likely N-dealkylation sites (tertiary alicyclic amines) is 1. The maximum absolute atomic E-state index is 12.6. The molecular formula is C16H23N3O4S2. The molecule has 0 aliphatic carbocycles. The number of thiazole rings is 1. The van der Waals surface area contributed by atoms with Crippen molar-refractivity contribution < 1.29 is 18.0 Å². The number of sulfone groups is 1. The number of rotatable bonds is 3. The fourth-order valence-electron chi connectivity index (χ4n) is 3.30. The molecule has 2 aliphatic heterocycles. The molecule has 1 aromatic heterocycles. The van der Waals surface area contributed by atoms with Gasteiger partial charge in [-0.25, -0.2) is 13.4 Å². The van der Waals surface area contributed by atoms with E-state index < -0.39 is 9.84 Å². The predicted octanol–water partition coefficient (Wildman–Crippen LogP) is 1.46. The van der Waals surface area contributed by atoms with Crippen molar-refractivity contribution in [2.75, 3.05) is 18.1 Å². The second-order valence-electron chi connectivity index (χ2n) is 6.78. The second-order valence-corrected chi connectivity index (χ2v) is 9.94. The van der Waals surface area contributed by atoms with Crippen LogP contribution in [0, 0.1) is 0 Å². The number of piperidine rings is 1. The first-order valence-corrected chi connectivity index (χ1v) is 11.3. The van der Waals surface area contributed by atoms with Crippen LogP contribution in [-0.4, -0.2) is 60.3 Å². The van der Waals surface area contributed by atoms with Gasteiger partial charge in [-0.2, -0.15) is 0 Å². The van der Waals surface area contributed by atoms with Crippen molar-refractivity contribution in [3.05, 3.63) is 16.1 Å². The summed E-state index contributed by atoms with van der Waals surface area (Å²) in [4.78, 5) is 30.9. The van der Waals surface area contributed by atoms with E-state index in [2.05, 4.69) is 10.3 Å². The van der Waals surface area contributed by atoms with Gasteiger partial charge < -0.3 is 10.2 Å². The number of nitrogens with zero attached hydrogens (tertiary/aromatic N) is 2. The largest absolute Gasteiger partial charge is 0.347 e. The molecular weight excluding hydrogens is 362 g/mol. The van der Waals surface area contributed by atoms with Crippen LogP contribution in [0.2, 0.25) is 0 Å². The van der Waals surface area contributed by atoms with Crippen LogP contribution in [-0.2, 0) is 9.84 Å². The average molecular weight is 386 g/mol. The first-order valence-electron chi connectivity index (χ1n) is 8.63. The molecule has 3 rings (SSSR count). The molecule has 3 heterocycles. The van der Waals surface area contributed by atoms with Gasteiger partial charge in [-0.05, 0) is 39.0 Å². The SMILES string of the molecule is CC1CCCCN1C(=O)c1csc(C(=O)NC2CCS(=O)(=O)CC2)n1. The van der Waals surface area contributed by atoms with Crippen molar-refractivity contribution in [3.8, 4) is 0 Å². The topological polar surface area (TPSA) is 96.4 Å². The fraction of sp³-hybridized carbons (Fsp3) is 0.688. The summed E-state index contributed by atoms with van der Waals surface area (Å²) in [5.74, 6) is -0.245. The van der Waals surface area contributed by atoms with Gasteiger partial charge in [-0.3, -0.25) is 9.59 Å². The smallest absolute Gasteiger partial charge is 0.280 e. The monoisotopic (exact) mass is 385 g/mol. The number of amides is 2. The lowest BCUT2D eigenvalue weighted by molar-refractivity contribution is 0.0630. The summed E-state index contributed by atoms with van der Waals surface area (Å²) >= 11 is 1.15. The normalized spacial score (nSPS) is 24.0. The number of nitrogens with one attached hydrogen (secondary N) is 1. The molecule has 2 amide bonds.